The van der Waals surface area contributed by atoms with Crippen molar-refractivity contribution in [2.45, 2.75) is 37.3 Å². The molecule has 1 atom stereocenters. The van der Waals surface area contributed by atoms with Crippen molar-refractivity contribution in [3.05, 3.63) is 35.4 Å². The van der Waals surface area contributed by atoms with Crippen LogP contribution in [-0.4, -0.2) is 11.7 Å². The summed E-state index contributed by atoms with van der Waals surface area (Å²) in [7, 11) is 0. The molecule has 1 saturated heterocycles. The van der Waals surface area contributed by atoms with Crippen molar-refractivity contribution in [3.8, 4) is 0 Å². The first-order valence-electron chi connectivity index (χ1n) is 5.84. The topological polar surface area (TPSA) is 32.3 Å². The first kappa shape index (κ1) is 9.37. The third kappa shape index (κ3) is 1.68. The van der Waals surface area contributed by atoms with Crippen molar-refractivity contribution in [1.29, 1.82) is 0 Å². The van der Waals surface area contributed by atoms with Crippen molar-refractivity contribution in [2.24, 2.45) is 0 Å². The fourth-order valence-electron chi connectivity index (χ4n) is 2.42. The molecule has 2 N–H and O–H groups in total. The maximum absolute atomic E-state index is 10.0. The van der Waals surface area contributed by atoms with E-state index >= 15 is 0 Å². The van der Waals surface area contributed by atoms with Crippen LogP contribution in [0.5, 0.6) is 0 Å². The molecule has 0 aromatic heterocycles. The van der Waals surface area contributed by atoms with Gasteiger partial charge in [-0.3, -0.25) is 0 Å². The summed E-state index contributed by atoms with van der Waals surface area (Å²) in [5, 5.41) is 13.5. The van der Waals surface area contributed by atoms with Gasteiger partial charge in [0.15, 0.2) is 0 Å². The summed E-state index contributed by atoms with van der Waals surface area (Å²) in [5.74, 6) is 0. The van der Waals surface area contributed by atoms with Crippen molar-refractivity contribution in [1.82, 2.24) is 5.32 Å². The molecule has 0 bridgehead atoms. The Labute approximate surface area is 90.3 Å². The highest BCUT2D eigenvalue weighted by atomic mass is 16.3. The zero-order valence-corrected chi connectivity index (χ0v) is 8.87. The molecule has 80 valence electrons. The Kier molecular flexibility index (Phi) is 2.08. The van der Waals surface area contributed by atoms with Gasteiger partial charge in [0, 0.05) is 6.04 Å². The molecule has 15 heavy (non-hydrogen) atoms. The number of hydrogen-bond acceptors (Lipinski definition) is 2. The second-order valence-corrected chi connectivity index (χ2v) is 4.81. The van der Waals surface area contributed by atoms with Gasteiger partial charge >= 0.3 is 0 Å². The van der Waals surface area contributed by atoms with Crippen LogP contribution >= 0.6 is 0 Å². The monoisotopic (exact) mass is 203 g/mol. The predicted molar refractivity (Wildman–Crippen MR) is 59.6 cm³/mol. The molecule has 0 amide bonds. The van der Waals surface area contributed by atoms with Gasteiger partial charge in [-0.25, -0.2) is 0 Å². The van der Waals surface area contributed by atoms with Crippen LogP contribution in [-0.2, 0) is 5.60 Å². The zero-order chi connectivity index (χ0) is 10.3. The Morgan fingerprint density at radius 1 is 1.33 bits per heavy atom. The number of aliphatic hydroxyl groups is 1. The molecular formula is C13H17NO. The molecule has 1 heterocycles. The Bertz CT molecular complexity index is 365. The lowest BCUT2D eigenvalue weighted by atomic mass is 9.99. The maximum atomic E-state index is 10.0. The molecule has 1 aromatic rings. The summed E-state index contributed by atoms with van der Waals surface area (Å²) in [4.78, 5) is 0. The lowest BCUT2D eigenvalue weighted by molar-refractivity contribution is 0.151. The third-order valence-electron chi connectivity index (χ3n) is 3.61. The average molecular weight is 203 g/mol. The highest BCUT2D eigenvalue weighted by Gasteiger charge is 2.42. The van der Waals surface area contributed by atoms with E-state index in [9.17, 15) is 5.11 Å². The summed E-state index contributed by atoms with van der Waals surface area (Å²) in [6.07, 6.45) is 4.34. The van der Waals surface area contributed by atoms with Gasteiger partial charge in [0.25, 0.3) is 0 Å². The number of benzene rings is 1. The molecule has 1 saturated carbocycles. The van der Waals surface area contributed by atoms with E-state index in [-0.39, 0.29) is 0 Å². The Balaban J connectivity index is 1.89. The highest BCUT2D eigenvalue weighted by molar-refractivity contribution is 5.33. The highest BCUT2D eigenvalue weighted by Crippen LogP contribution is 2.45. The van der Waals surface area contributed by atoms with Gasteiger partial charge < -0.3 is 10.4 Å². The molecule has 0 radical (unpaired) electrons. The molecule has 1 aliphatic carbocycles. The second kappa shape index (κ2) is 3.32. The smallest absolute Gasteiger partial charge is 0.0899 e. The normalized spacial score (nSPS) is 27.9. The molecule has 1 aromatic carbocycles. The molecular weight excluding hydrogens is 186 g/mol. The minimum absolute atomic E-state index is 0.491. The molecule has 1 unspecified atom stereocenters. The molecule has 2 fully saturated rings. The molecule has 3 rings (SSSR count). The van der Waals surface area contributed by atoms with Gasteiger partial charge in [-0.1, -0.05) is 24.3 Å². The van der Waals surface area contributed by atoms with Crippen LogP contribution in [0.25, 0.3) is 0 Å². The van der Waals surface area contributed by atoms with E-state index in [2.05, 4.69) is 23.5 Å². The van der Waals surface area contributed by atoms with E-state index in [1.54, 1.807) is 0 Å². The first-order chi connectivity index (χ1) is 7.28. The molecule has 2 aliphatic rings. The van der Waals surface area contributed by atoms with E-state index in [1.165, 1.54) is 18.4 Å². The van der Waals surface area contributed by atoms with Gasteiger partial charge in [-0.2, -0.15) is 0 Å². The third-order valence-corrected chi connectivity index (χ3v) is 3.61. The number of hydrogen-bond donors (Lipinski definition) is 2. The first-order valence-corrected chi connectivity index (χ1v) is 5.84. The molecule has 2 nitrogen and oxygen atoms in total. The summed E-state index contributed by atoms with van der Waals surface area (Å²) < 4.78 is 0. The minimum Gasteiger partial charge on any atom is -0.385 e. The predicted octanol–water partition coefficient (Wildman–Crippen LogP) is 2.09. The lowest BCUT2D eigenvalue weighted by Crippen LogP contribution is -2.14. The van der Waals surface area contributed by atoms with Crippen molar-refractivity contribution >= 4 is 0 Å². The summed E-state index contributed by atoms with van der Waals surface area (Å²) in [6.45, 7) is 1.12. The van der Waals surface area contributed by atoms with Gasteiger partial charge in [0.05, 0.1) is 5.60 Å². The van der Waals surface area contributed by atoms with E-state index in [0.29, 0.717) is 6.04 Å². The Morgan fingerprint density at radius 2 is 2.20 bits per heavy atom. The van der Waals surface area contributed by atoms with Gasteiger partial charge in [0.1, 0.15) is 0 Å². The fourth-order valence-corrected chi connectivity index (χ4v) is 2.42. The molecule has 0 spiro atoms. The lowest BCUT2D eigenvalue weighted by Gasteiger charge is -2.14. The minimum atomic E-state index is -0.491. The van der Waals surface area contributed by atoms with Crippen molar-refractivity contribution in [2.75, 3.05) is 6.54 Å². The van der Waals surface area contributed by atoms with Gasteiger partial charge in [-0.05, 0) is 43.4 Å². The average Bonchev–Trinajstić information content (AvgIpc) is 2.84. The van der Waals surface area contributed by atoms with Crippen LogP contribution in [0.15, 0.2) is 24.3 Å². The van der Waals surface area contributed by atoms with Gasteiger partial charge in [0.2, 0.25) is 0 Å². The van der Waals surface area contributed by atoms with E-state index < -0.39 is 5.60 Å². The van der Waals surface area contributed by atoms with Crippen LogP contribution in [0.2, 0.25) is 0 Å². The number of rotatable bonds is 2. The quantitative estimate of drug-likeness (QED) is 0.771. The standard InChI is InChI=1S/C13H17NO/c15-13(6-7-13)11-4-1-3-10(9-11)12-5-2-8-14-12/h1,3-4,9,12,14-15H,2,5-8H2. The van der Waals surface area contributed by atoms with Crippen LogP contribution in [0.3, 0.4) is 0 Å². The van der Waals surface area contributed by atoms with Gasteiger partial charge in [-0.15, -0.1) is 0 Å². The molecule has 1 aliphatic heterocycles. The fraction of sp³-hybridized carbons (Fsp3) is 0.538. The number of nitrogens with one attached hydrogen (secondary N) is 1. The van der Waals surface area contributed by atoms with Crippen molar-refractivity contribution < 1.29 is 5.11 Å². The Morgan fingerprint density at radius 3 is 2.87 bits per heavy atom. The Hall–Kier alpha value is -0.860. The van der Waals surface area contributed by atoms with Crippen LogP contribution in [0.1, 0.15) is 42.9 Å². The van der Waals surface area contributed by atoms with E-state index in [4.69, 9.17) is 0 Å². The largest absolute Gasteiger partial charge is 0.385 e. The SMILES string of the molecule is OC1(c2cccc(C3CCCN3)c2)CC1. The summed E-state index contributed by atoms with van der Waals surface area (Å²) in [5.41, 5.74) is 1.95. The van der Waals surface area contributed by atoms with Crippen LogP contribution in [0, 0.1) is 0 Å². The molecule has 2 heteroatoms. The summed E-state index contributed by atoms with van der Waals surface area (Å²) in [6, 6.07) is 8.97. The van der Waals surface area contributed by atoms with Crippen LogP contribution < -0.4 is 5.32 Å². The second-order valence-electron chi connectivity index (χ2n) is 4.81. The zero-order valence-electron chi connectivity index (χ0n) is 8.87. The summed E-state index contributed by atoms with van der Waals surface area (Å²) >= 11 is 0. The van der Waals surface area contributed by atoms with E-state index in [0.717, 1.165) is 24.9 Å². The van der Waals surface area contributed by atoms with Crippen LogP contribution in [0.4, 0.5) is 0 Å². The van der Waals surface area contributed by atoms with E-state index in [1.807, 2.05) is 6.07 Å². The maximum Gasteiger partial charge on any atom is 0.0899 e. The van der Waals surface area contributed by atoms with Crippen molar-refractivity contribution in [3.63, 3.8) is 0 Å².